The molecule has 1 atom stereocenters. The maximum absolute atomic E-state index is 5.79. The zero-order valence-electron chi connectivity index (χ0n) is 11.8. The Labute approximate surface area is 115 Å². The van der Waals surface area contributed by atoms with Gasteiger partial charge in [0.25, 0.3) is 0 Å². The molecule has 0 bridgehead atoms. The van der Waals surface area contributed by atoms with E-state index in [0.29, 0.717) is 19.8 Å². The highest BCUT2D eigenvalue weighted by molar-refractivity contribution is 5.29. The van der Waals surface area contributed by atoms with Crippen LogP contribution in [0.4, 0.5) is 0 Å². The summed E-state index contributed by atoms with van der Waals surface area (Å²) in [5.41, 5.74) is 7.98. The lowest BCUT2D eigenvalue weighted by Gasteiger charge is -2.17. The first-order chi connectivity index (χ1) is 9.17. The normalized spacial score (nSPS) is 12.2. The van der Waals surface area contributed by atoms with Crippen LogP contribution in [-0.2, 0) is 4.74 Å². The highest BCUT2D eigenvalue weighted by Crippen LogP contribution is 2.16. The molecule has 3 N–H and O–H groups in total. The highest BCUT2D eigenvalue weighted by atomic mass is 16.5. The van der Waals surface area contributed by atoms with E-state index < -0.39 is 0 Å². The van der Waals surface area contributed by atoms with Gasteiger partial charge in [-0.3, -0.25) is 0 Å². The largest absolute Gasteiger partial charge is 0.497 e. The summed E-state index contributed by atoms with van der Waals surface area (Å²) in [6.45, 7) is 8.32. The minimum absolute atomic E-state index is 0.138. The van der Waals surface area contributed by atoms with Crippen molar-refractivity contribution in [3.8, 4) is 5.75 Å². The molecule has 19 heavy (non-hydrogen) atoms. The van der Waals surface area contributed by atoms with E-state index in [1.807, 2.05) is 31.2 Å². The Bertz CT molecular complexity index is 376. The van der Waals surface area contributed by atoms with Crippen molar-refractivity contribution in [1.82, 2.24) is 5.32 Å². The Kier molecular flexibility index (Phi) is 7.18. The van der Waals surface area contributed by atoms with Crippen molar-refractivity contribution < 1.29 is 9.47 Å². The van der Waals surface area contributed by atoms with Crippen molar-refractivity contribution in [1.29, 1.82) is 0 Å². The Morgan fingerprint density at radius 1 is 1.37 bits per heavy atom. The zero-order chi connectivity index (χ0) is 14.1. The lowest BCUT2D eigenvalue weighted by molar-refractivity contribution is 0.155. The number of benzene rings is 1. The standard InChI is InChI=1S/C15H24N2O2/c1-12(2)11-19-9-8-17-15(10-16)13-4-6-14(18-3)7-5-13/h4-7,15,17H,1,8-11,16H2,2-3H3. The first kappa shape index (κ1) is 15.7. The third kappa shape index (κ3) is 5.87. The number of methoxy groups -OCH3 is 1. The minimum atomic E-state index is 0.138. The minimum Gasteiger partial charge on any atom is -0.497 e. The molecule has 1 unspecified atom stereocenters. The zero-order valence-corrected chi connectivity index (χ0v) is 11.8. The number of rotatable bonds is 9. The molecule has 4 heteroatoms. The summed E-state index contributed by atoms with van der Waals surface area (Å²) in [5, 5.41) is 3.38. The van der Waals surface area contributed by atoms with Crippen LogP contribution in [0.15, 0.2) is 36.4 Å². The van der Waals surface area contributed by atoms with Gasteiger partial charge in [-0.2, -0.15) is 0 Å². The van der Waals surface area contributed by atoms with Gasteiger partial charge in [0, 0.05) is 19.1 Å². The molecular formula is C15H24N2O2. The van der Waals surface area contributed by atoms with Crippen LogP contribution in [0.3, 0.4) is 0 Å². The number of nitrogens with two attached hydrogens (primary N) is 1. The van der Waals surface area contributed by atoms with Crippen LogP contribution < -0.4 is 15.8 Å². The molecule has 0 aromatic heterocycles. The maximum atomic E-state index is 5.79. The van der Waals surface area contributed by atoms with E-state index in [4.69, 9.17) is 15.2 Å². The number of hydrogen-bond acceptors (Lipinski definition) is 4. The fourth-order valence-electron chi connectivity index (χ4n) is 1.73. The van der Waals surface area contributed by atoms with Crippen LogP contribution in [0.1, 0.15) is 18.5 Å². The molecular weight excluding hydrogens is 240 g/mol. The van der Waals surface area contributed by atoms with Gasteiger partial charge < -0.3 is 20.5 Å². The molecule has 0 aliphatic rings. The summed E-state index contributed by atoms with van der Waals surface area (Å²) in [6.07, 6.45) is 0. The summed E-state index contributed by atoms with van der Waals surface area (Å²) >= 11 is 0. The Balaban J connectivity index is 2.37. The van der Waals surface area contributed by atoms with E-state index in [2.05, 4.69) is 11.9 Å². The van der Waals surface area contributed by atoms with Crippen molar-refractivity contribution in [2.45, 2.75) is 13.0 Å². The Morgan fingerprint density at radius 2 is 2.05 bits per heavy atom. The quantitative estimate of drug-likeness (QED) is 0.528. The van der Waals surface area contributed by atoms with Gasteiger partial charge >= 0.3 is 0 Å². The molecule has 1 rings (SSSR count). The van der Waals surface area contributed by atoms with Gasteiger partial charge in [-0.05, 0) is 24.6 Å². The maximum Gasteiger partial charge on any atom is 0.118 e. The molecule has 0 aliphatic heterocycles. The second-order valence-electron chi connectivity index (χ2n) is 4.53. The smallest absolute Gasteiger partial charge is 0.118 e. The third-order valence-corrected chi connectivity index (χ3v) is 2.74. The average molecular weight is 264 g/mol. The molecule has 1 aromatic rings. The van der Waals surface area contributed by atoms with Crippen molar-refractivity contribution in [3.05, 3.63) is 42.0 Å². The van der Waals surface area contributed by atoms with Gasteiger partial charge in [-0.1, -0.05) is 24.3 Å². The van der Waals surface area contributed by atoms with Crippen molar-refractivity contribution in [2.75, 3.05) is 33.4 Å². The van der Waals surface area contributed by atoms with Crippen molar-refractivity contribution in [2.24, 2.45) is 5.73 Å². The molecule has 0 saturated carbocycles. The SMILES string of the molecule is C=C(C)COCCNC(CN)c1ccc(OC)cc1. The van der Waals surface area contributed by atoms with Gasteiger partial charge in [0.1, 0.15) is 5.75 Å². The van der Waals surface area contributed by atoms with Gasteiger partial charge in [-0.25, -0.2) is 0 Å². The van der Waals surface area contributed by atoms with E-state index >= 15 is 0 Å². The number of nitrogens with one attached hydrogen (secondary N) is 1. The summed E-state index contributed by atoms with van der Waals surface area (Å²) in [6, 6.07) is 8.07. The van der Waals surface area contributed by atoms with Crippen LogP contribution in [0.25, 0.3) is 0 Å². The monoisotopic (exact) mass is 264 g/mol. The van der Waals surface area contributed by atoms with E-state index in [1.54, 1.807) is 7.11 Å². The lowest BCUT2D eigenvalue weighted by Crippen LogP contribution is -2.30. The fraction of sp³-hybridized carbons (Fsp3) is 0.467. The molecule has 0 spiro atoms. The predicted molar refractivity (Wildman–Crippen MR) is 78.4 cm³/mol. The van der Waals surface area contributed by atoms with Gasteiger partial charge in [0.2, 0.25) is 0 Å². The lowest BCUT2D eigenvalue weighted by atomic mass is 10.1. The van der Waals surface area contributed by atoms with E-state index in [1.165, 1.54) is 0 Å². The van der Waals surface area contributed by atoms with Crippen LogP contribution in [0, 0.1) is 0 Å². The number of ether oxygens (including phenoxy) is 2. The third-order valence-electron chi connectivity index (χ3n) is 2.74. The molecule has 0 radical (unpaired) electrons. The van der Waals surface area contributed by atoms with E-state index in [0.717, 1.165) is 23.4 Å². The topological polar surface area (TPSA) is 56.5 Å². The fourth-order valence-corrected chi connectivity index (χ4v) is 1.73. The van der Waals surface area contributed by atoms with Crippen LogP contribution in [0.2, 0.25) is 0 Å². The summed E-state index contributed by atoms with van der Waals surface area (Å²) in [5.74, 6) is 0.851. The van der Waals surface area contributed by atoms with Crippen molar-refractivity contribution in [3.63, 3.8) is 0 Å². The Morgan fingerprint density at radius 3 is 2.58 bits per heavy atom. The average Bonchev–Trinajstić information content (AvgIpc) is 2.43. The van der Waals surface area contributed by atoms with E-state index in [9.17, 15) is 0 Å². The van der Waals surface area contributed by atoms with Gasteiger partial charge in [-0.15, -0.1) is 0 Å². The molecule has 0 aliphatic carbocycles. The van der Waals surface area contributed by atoms with E-state index in [-0.39, 0.29) is 6.04 Å². The number of hydrogen-bond donors (Lipinski definition) is 2. The Hall–Kier alpha value is -1.36. The molecule has 0 fully saturated rings. The second-order valence-corrected chi connectivity index (χ2v) is 4.53. The summed E-state index contributed by atoms with van der Waals surface area (Å²) in [4.78, 5) is 0. The van der Waals surface area contributed by atoms with Crippen LogP contribution >= 0.6 is 0 Å². The predicted octanol–water partition coefficient (Wildman–Crippen LogP) is 1.88. The highest BCUT2D eigenvalue weighted by Gasteiger charge is 2.08. The summed E-state index contributed by atoms with van der Waals surface area (Å²) < 4.78 is 10.6. The summed E-state index contributed by atoms with van der Waals surface area (Å²) in [7, 11) is 1.66. The van der Waals surface area contributed by atoms with Gasteiger partial charge in [0.15, 0.2) is 0 Å². The molecule has 1 aromatic carbocycles. The van der Waals surface area contributed by atoms with Gasteiger partial charge in [0.05, 0.1) is 20.3 Å². The molecule has 0 amide bonds. The first-order valence-electron chi connectivity index (χ1n) is 6.47. The molecule has 4 nitrogen and oxygen atoms in total. The molecule has 0 heterocycles. The molecule has 0 saturated heterocycles. The second kappa shape index (κ2) is 8.69. The van der Waals surface area contributed by atoms with Crippen LogP contribution in [-0.4, -0.2) is 33.4 Å². The van der Waals surface area contributed by atoms with Crippen LogP contribution in [0.5, 0.6) is 5.75 Å². The molecule has 106 valence electrons. The first-order valence-corrected chi connectivity index (χ1v) is 6.47. The van der Waals surface area contributed by atoms with Crippen molar-refractivity contribution >= 4 is 0 Å².